The summed E-state index contributed by atoms with van der Waals surface area (Å²) in [4.78, 5) is 12.8. The van der Waals surface area contributed by atoms with Gasteiger partial charge in [-0.15, -0.1) is 11.8 Å². The van der Waals surface area contributed by atoms with E-state index >= 15 is 0 Å². The number of hydrogen-bond donors (Lipinski definition) is 1. The predicted octanol–water partition coefficient (Wildman–Crippen LogP) is 3.25. The molecule has 0 unspecified atom stereocenters. The summed E-state index contributed by atoms with van der Waals surface area (Å²) in [5.74, 6) is 0.380. The number of nitrogens with zero attached hydrogens (tertiary/aromatic N) is 1. The number of amides is 1. The minimum Gasteiger partial charge on any atom is -0.484 e. The van der Waals surface area contributed by atoms with Crippen molar-refractivity contribution in [2.75, 3.05) is 12.9 Å². The number of ether oxygens (including phenoxy) is 1. The van der Waals surface area contributed by atoms with Crippen molar-refractivity contribution in [2.24, 2.45) is 5.10 Å². The van der Waals surface area contributed by atoms with Gasteiger partial charge in [0.15, 0.2) is 6.61 Å². The number of hydrogen-bond acceptors (Lipinski definition) is 4. The molecule has 0 aromatic heterocycles. The van der Waals surface area contributed by atoms with Crippen LogP contribution in [0, 0.1) is 6.92 Å². The number of carbonyl (C=O) groups is 1. The average molecular weight is 314 g/mol. The second-order valence-electron chi connectivity index (χ2n) is 4.67. The van der Waals surface area contributed by atoms with E-state index in [0.717, 1.165) is 11.1 Å². The molecule has 0 heterocycles. The Labute approximate surface area is 134 Å². The third kappa shape index (κ3) is 5.26. The van der Waals surface area contributed by atoms with Crippen LogP contribution >= 0.6 is 11.8 Å². The molecule has 1 N–H and O–H groups in total. The first-order valence-electron chi connectivity index (χ1n) is 6.83. The molecule has 1 amide bonds. The number of carbonyl (C=O) groups excluding carboxylic acids is 1. The smallest absolute Gasteiger partial charge is 0.277 e. The fraction of sp³-hybridized carbons (Fsp3) is 0.176. The maximum atomic E-state index is 11.6. The Balaban J connectivity index is 1.78. The van der Waals surface area contributed by atoms with Gasteiger partial charge in [-0.2, -0.15) is 5.10 Å². The van der Waals surface area contributed by atoms with Crippen LogP contribution in [0.1, 0.15) is 11.1 Å². The van der Waals surface area contributed by atoms with Crippen LogP contribution in [0.5, 0.6) is 5.75 Å². The van der Waals surface area contributed by atoms with Gasteiger partial charge in [-0.3, -0.25) is 4.79 Å². The number of rotatable bonds is 6. The summed E-state index contributed by atoms with van der Waals surface area (Å²) in [6.45, 7) is 1.91. The molecule has 0 fully saturated rings. The van der Waals surface area contributed by atoms with Crippen molar-refractivity contribution in [2.45, 2.75) is 11.8 Å². The molecule has 22 heavy (non-hydrogen) atoms. The van der Waals surface area contributed by atoms with Gasteiger partial charge in [0.25, 0.3) is 5.91 Å². The van der Waals surface area contributed by atoms with Gasteiger partial charge in [-0.25, -0.2) is 5.43 Å². The molecule has 5 heteroatoms. The van der Waals surface area contributed by atoms with E-state index in [0.29, 0.717) is 5.75 Å². The Hall–Kier alpha value is -2.27. The van der Waals surface area contributed by atoms with Gasteiger partial charge in [-0.05, 0) is 48.6 Å². The second-order valence-corrected chi connectivity index (χ2v) is 5.55. The number of hydrazone groups is 1. The van der Waals surface area contributed by atoms with E-state index in [-0.39, 0.29) is 12.5 Å². The Morgan fingerprint density at radius 1 is 1.27 bits per heavy atom. The van der Waals surface area contributed by atoms with Gasteiger partial charge >= 0.3 is 0 Å². The summed E-state index contributed by atoms with van der Waals surface area (Å²) in [5, 5.41) is 3.92. The average Bonchev–Trinajstić information content (AvgIpc) is 2.54. The maximum absolute atomic E-state index is 11.6. The minimum absolute atomic E-state index is 0.0633. The fourth-order valence-corrected chi connectivity index (χ4v) is 2.16. The largest absolute Gasteiger partial charge is 0.484 e. The Bertz CT molecular complexity index is 654. The monoisotopic (exact) mass is 314 g/mol. The van der Waals surface area contributed by atoms with Crippen molar-refractivity contribution < 1.29 is 9.53 Å². The van der Waals surface area contributed by atoms with E-state index in [1.807, 2.05) is 61.7 Å². The summed E-state index contributed by atoms with van der Waals surface area (Å²) in [6, 6.07) is 15.5. The molecular formula is C17H18N2O2S. The van der Waals surface area contributed by atoms with Gasteiger partial charge in [0.2, 0.25) is 0 Å². The van der Waals surface area contributed by atoms with Crippen LogP contribution in [-0.4, -0.2) is 25.0 Å². The van der Waals surface area contributed by atoms with Crippen LogP contribution in [0.4, 0.5) is 0 Å². The van der Waals surface area contributed by atoms with E-state index < -0.39 is 0 Å². The number of nitrogens with one attached hydrogen (secondary N) is 1. The zero-order valence-corrected chi connectivity index (χ0v) is 13.4. The molecule has 0 radical (unpaired) electrons. The Morgan fingerprint density at radius 3 is 2.73 bits per heavy atom. The van der Waals surface area contributed by atoms with Crippen molar-refractivity contribution in [1.82, 2.24) is 5.43 Å². The molecule has 0 aliphatic rings. The van der Waals surface area contributed by atoms with Crippen LogP contribution in [-0.2, 0) is 4.79 Å². The van der Waals surface area contributed by atoms with Crippen molar-refractivity contribution >= 4 is 23.9 Å². The summed E-state index contributed by atoms with van der Waals surface area (Å²) < 4.78 is 5.39. The van der Waals surface area contributed by atoms with Crippen LogP contribution in [0.25, 0.3) is 0 Å². The molecule has 0 spiro atoms. The van der Waals surface area contributed by atoms with Gasteiger partial charge < -0.3 is 4.74 Å². The first-order chi connectivity index (χ1) is 10.7. The number of aryl methyl sites for hydroxylation is 1. The van der Waals surface area contributed by atoms with Gasteiger partial charge in [0.05, 0.1) is 6.21 Å². The van der Waals surface area contributed by atoms with E-state index in [1.165, 1.54) is 4.90 Å². The molecule has 0 saturated heterocycles. The third-order valence-electron chi connectivity index (χ3n) is 2.88. The highest BCUT2D eigenvalue weighted by atomic mass is 32.2. The molecular weight excluding hydrogens is 296 g/mol. The molecule has 2 rings (SSSR count). The first kappa shape index (κ1) is 16.1. The lowest BCUT2D eigenvalue weighted by atomic mass is 10.2. The van der Waals surface area contributed by atoms with Crippen molar-refractivity contribution in [1.29, 1.82) is 0 Å². The third-order valence-corrected chi connectivity index (χ3v) is 3.62. The quantitative estimate of drug-likeness (QED) is 0.506. The number of benzene rings is 2. The molecule has 114 valence electrons. The molecule has 0 aliphatic heterocycles. The zero-order valence-electron chi connectivity index (χ0n) is 12.6. The van der Waals surface area contributed by atoms with Crippen LogP contribution < -0.4 is 10.2 Å². The van der Waals surface area contributed by atoms with E-state index in [9.17, 15) is 4.79 Å². The molecule has 2 aromatic rings. The SMILES string of the molecule is CSc1ccc(C=NNC(=O)COc2cccc(C)c2)cc1. The standard InChI is InChI=1S/C17H18N2O2S/c1-13-4-3-5-15(10-13)21-12-17(20)19-18-11-14-6-8-16(22-2)9-7-14/h3-11H,12H2,1-2H3,(H,19,20). The van der Waals surface area contributed by atoms with E-state index in [4.69, 9.17) is 4.74 Å². The van der Waals surface area contributed by atoms with E-state index in [1.54, 1.807) is 18.0 Å². The van der Waals surface area contributed by atoms with Crippen molar-refractivity contribution in [3.05, 3.63) is 59.7 Å². The van der Waals surface area contributed by atoms with Crippen LogP contribution in [0.2, 0.25) is 0 Å². The highest BCUT2D eigenvalue weighted by molar-refractivity contribution is 7.98. The van der Waals surface area contributed by atoms with Crippen LogP contribution in [0.15, 0.2) is 58.5 Å². The highest BCUT2D eigenvalue weighted by Gasteiger charge is 2.01. The molecule has 0 bridgehead atoms. The molecule has 0 saturated carbocycles. The van der Waals surface area contributed by atoms with Crippen molar-refractivity contribution in [3.63, 3.8) is 0 Å². The lowest BCUT2D eigenvalue weighted by Gasteiger charge is -2.05. The molecule has 2 aromatic carbocycles. The highest BCUT2D eigenvalue weighted by Crippen LogP contribution is 2.14. The molecule has 4 nitrogen and oxygen atoms in total. The normalized spacial score (nSPS) is 10.6. The van der Waals surface area contributed by atoms with Gasteiger partial charge in [0.1, 0.15) is 5.75 Å². The van der Waals surface area contributed by atoms with Crippen LogP contribution in [0.3, 0.4) is 0 Å². The first-order valence-corrected chi connectivity index (χ1v) is 8.05. The van der Waals surface area contributed by atoms with E-state index in [2.05, 4.69) is 10.5 Å². The fourth-order valence-electron chi connectivity index (χ4n) is 1.76. The Kier molecular flexibility index (Phi) is 6.03. The Morgan fingerprint density at radius 2 is 2.05 bits per heavy atom. The summed E-state index contributed by atoms with van der Waals surface area (Å²) in [5.41, 5.74) is 4.46. The lowest BCUT2D eigenvalue weighted by molar-refractivity contribution is -0.123. The van der Waals surface area contributed by atoms with Gasteiger partial charge in [-0.1, -0.05) is 24.3 Å². The molecule has 0 aliphatic carbocycles. The van der Waals surface area contributed by atoms with Crippen molar-refractivity contribution in [3.8, 4) is 5.75 Å². The predicted molar refractivity (Wildman–Crippen MR) is 90.6 cm³/mol. The summed E-state index contributed by atoms with van der Waals surface area (Å²) in [6.07, 6.45) is 3.63. The zero-order chi connectivity index (χ0) is 15.8. The number of thioether (sulfide) groups is 1. The summed E-state index contributed by atoms with van der Waals surface area (Å²) in [7, 11) is 0. The second kappa shape index (κ2) is 8.24. The minimum atomic E-state index is -0.293. The topological polar surface area (TPSA) is 50.7 Å². The maximum Gasteiger partial charge on any atom is 0.277 e. The molecule has 0 atom stereocenters. The summed E-state index contributed by atoms with van der Waals surface area (Å²) >= 11 is 1.68. The lowest BCUT2D eigenvalue weighted by Crippen LogP contribution is -2.24. The van der Waals surface area contributed by atoms with Gasteiger partial charge in [0, 0.05) is 4.90 Å².